The molecule has 0 fully saturated rings. The Morgan fingerprint density at radius 3 is 2.46 bits per heavy atom. The zero-order valence-electron chi connectivity index (χ0n) is 12.6. The first-order valence-electron chi connectivity index (χ1n) is 7.27. The van der Waals surface area contributed by atoms with Crippen LogP contribution in [0.25, 0.3) is 10.9 Å². The SMILES string of the molecule is O=C(O)c1ccc(CNC(=O)c2cc(=O)[nH]c3ccccc23)cc1. The number of hydrogen-bond donors (Lipinski definition) is 3. The molecule has 3 aromatic rings. The van der Waals surface area contributed by atoms with Gasteiger partial charge in [0.25, 0.3) is 5.91 Å². The molecule has 6 nitrogen and oxygen atoms in total. The zero-order valence-corrected chi connectivity index (χ0v) is 12.6. The minimum absolute atomic E-state index is 0.186. The summed E-state index contributed by atoms with van der Waals surface area (Å²) < 4.78 is 0. The second kappa shape index (κ2) is 6.37. The lowest BCUT2D eigenvalue weighted by Gasteiger charge is -2.08. The Kier molecular flexibility index (Phi) is 4.11. The summed E-state index contributed by atoms with van der Waals surface area (Å²) in [5.74, 6) is -1.36. The Hall–Kier alpha value is -3.41. The molecule has 3 rings (SSSR count). The molecule has 1 amide bonds. The molecule has 6 heteroatoms. The van der Waals surface area contributed by atoms with Crippen molar-refractivity contribution in [3.05, 3.63) is 81.6 Å². The van der Waals surface area contributed by atoms with Crippen molar-refractivity contribution in [2.24, 2.45) is 0 Å². The summed E-state index contributed by atoms with van der Waals surface area (Å²) in [6, 6.07) is 14.6. The number of carboxylic acids is 1. The molecule has 0 radical (unpaired) electrons. The number of rotatable bonds is 4. The van der Waals surface area contributed by atoms with Gasteiger partial charge in [0.2, 0.25) is 5.56 Å². The molecule has 0 aliphatic rings. The van der Waals surface area contributed by atoms with E-state index in [1.165, 1.54) is 18.2 Å². The molecule has 0 aliphatic carbocycles. The maximum atomic E-state index is 12.4. The van der Waals surface area contributed by atoms with Crippen LogP contribution in [0.1, 0.15) is 26.3 Å². The van der Waals surface area contributed by atoms with Crippen molar-refractivity contribution in [3.8, 4) is 0 Å². The molecular formula is C18H14N2O4. The molecule has 120 valence electrons. The lowest BCUT2D eigenvalue weighted by Crippen LogP contribution is -2.24. The van der Waals surface area contributed by atoms with Crippen LogP contribution in [0.15, 0.2) is 59.4 Å². The maximum Gasteiger partial charge on any atom is 0.335 e. The molecule has 3 N–H and O–H groups in total. The van der Waals surface area contributed by atoms with Crippen LogP contribution in [-0.4, -0.2) is 22.0 Å². The van der Waals surface area contributed by atoms with Gasteiger partial charge < -0.3 is 15.4 Å². The molecule has 0 spiro atoms. The zero-order chi connectivity index (χ0) is 17.1. The largest absolute Gasteiger partial charge is 0.478 e. The number of carbonyl (C=O) groups is 2. The van der Waals surface area contributed by atoms with Gasteiger partial charge in [0, 0.05) is 23.5 Å². The van der Waals surface area contributed by atoms with E-state index < -0.39 is 5.97 Å². The molecule has 0 atom stereocenters. The molecule has 0 saturated heterocycles. The van der Waals surface area contributed by atoms with Crippen LogP contribution >= 0.6 is 0 Å². The number of aromatic amines is 1. The maximum absolute atomic E-state index is 12.4. The van der Waals surface area contributed by atoms with Gasteiger partial charge in [-0.1, -0.05) is 30.3 Å². The van der Waals surface area contributed by atoms with Gasteiger partial charge in [-0.05, 0) is 23.8 Å². The third kappa shape index (κ3) is 3.17. The van der Waals surface area contributed by atoms with E-state index in [2.05, 4.69) is 10.3 Å². The molecule has 0 aliphatic heterocycles. The first-order valence-corrected chi connectivity index (χ1v) is 7.27. The Bertz CT molecular complexity index is 974. The van der Waals surface area contributed by atoms with Gasteiger partial charge in [0.1, 0.15) is 0 Å². The summed E-state index contributed by atoms with van der Waals surface area (Å²) >= 11 is 0. The summed E-state index contributed by atoms with van der Waals surface area (Å²) in [6.07, 6.45) is 0. The smallest absolute Gasteiger partial charge is 0.335 e. The van der Waals surface area contributed by atoms with Crippen LogP contribution < -0.4 is 10.9 Å². The number of hydrogen-bond acceptors (Lipinski definition) is 3. The first-order chi connectivity index (χ1) is 11.5. The Labute approximate surface area is 136 Å². The van der Waals surface area contributed by atoms with E-state index in [4.69, 9.17) is 5.11 Å². The van der Waals surface area contributed by atoms with E-state index in [1.807, 2.05) is 0 Å². The first kappa shape index (κ1) is 15.5. The highest BCUT2D eigenvalue weighted by Gasteiger charge is 2.11. The van der Waals surface area contributed by atoms with Crippen molar-refractivity contribution in [3.63, 3.8) is 0 Å². The predicted octanol–water partition coefficient (Wildman–Crippen LogP) is 2.16. The summed E-state index contributed by atoms with van der Waals surface area (Å²) in [7, 11) is 0. The molecule has 24 heavy (non-hydrogen) atoms. The van der Waals surface area contributed by atoms with E-state index in [0.29, 0.717) is 16.5 Å². The molecule has 0 unspecified atom stereocenters. The lowest BCUT2D eigenvalue weighted by molar-refractivity contribution is 0.0696. The second-order valence-electron chi connectivity index (χ2n) is 5.28. The van der Waals surface area contributed by atoms with Crippen molar-refractivity contribution in [2.75, 3.05) is 0 Å². The molecule has 2 aromatic carbocycles. The number of aromatic carboxylic acids is 1. The number of nitrogens with one attached hydrogen (secondary N) is 2. The average molecular weight is 322 g/mol. The van der Waals surface area contributed by atoms with E-state index in [-0.39, 0.29) is 23.6 Å². The number of pyridine rings is 1. The Balaban J connectivity index is 1.80. The van der Waals surface area contributed by atoms with Crippen LogP contribution in [0.4, 0.5) is 0 Å². The van der Waals surface area contributed by atoms with Crippen molar-refractivity contribution in [1.82, 2.24) is 10.3 Å². The lowest BCUT2D eigenvalue weighted by atomic mass is 10.1. The van der Waals surface area contributed by atoms with E-state index in [9.17, 15) is 14.4 Å². The number of H-pyrrole nitrogens is 1. The average Bonchev–Trinajstić information content (AvgIpc) is 2.59. The topological polar surface area (TPSA) is 99.3 Å². The third-order valence-electron chi connectivity index (χ3n) is 3.65. The van der Waals surface area contributed by atoms with Gasteiger partial charge >= 0.3 is 5.97 Å². The van der Waals surface area contributed by atoms with Gasteiger partial charge in [-0.25, -0.2) is 4.79 Å². The number of fused-ring (bicyclic) bond motifs is 1. The molecule has 1 aromatic heterocycles. The fourth-order valence-corrected chi connectivity index (χ4v) is 2.44. The van der Waals surface area contributed by atoms with Gasteiger partial charge in [-0.15, -0.1) is 0 Å². The quantitative estimate of drug-likeness (QED) is 0.685. The number of para-hydroxylation sites is 1. The fraction of sp³-hybridized carbons (Fsp3) is 0.0556. The molecular weight excluding hydrogens is 308 g/mol. The predicted molar refractivity (Wildman–Crippen MR) is 89.1 cm³/mol. The summed E-state index contributed by atoms with van der Waals surface area (Å²) in [6.45, 7) is 0.236. The van der Waals surface area contributed by atoms with Crippen molar-refractivity contribution in [2.45, 2.75) is 6.54 Å². The highest BCUT2D eigenvalue weighted by atomic mass is 16.4. The van der Waals surface area contributed by atoms with Gasteiger partial charge in [0.05, 0.1) is 11.1 Å². The minimum Gasteiger partial charge on any atom is -0.478 e. The molecule has 0 bridgehead atoms. The van der Waals surface area contributed by atoms with Gasteiger partial charge in [0.15, 0.2) is 0 Å². The highest BCUT2D eigenvalue weighted by Crippen LogP contribution is 2.14. The van der Waals surface area contributed by atoms with Gasteiger partial charge in [-0.3, -0.25) is 9.59 Å². The van der Waals surface area contributed by atoms with Crippen LogP contribution in [-0.2, 0) is 6.54 Å². The van der Waals surface area contributed by atoms with E-state index in [0.717, 1.165) is 5.56 Å². The van der Waals surface area contributed by atoms with Crippen molar-refractivity contribution < 1.29 is 14.7 Å². The van der Waals surface area contributed by atoms with Crippen LogP contribution in [0.3, 0.4) is 0 Å². The van der Waals surface area contributed by atoms with E-state index in [1.54, 1.807) is 36.4 Å². The number of carboxylic acid groups (broad SMARTS) is 1. The highest BCUT2D eigenvalue weighted by molar-refractivity contribution is 6.05. The standard InChI is InChI=1S/C18H14N2O4/c21-16-9-14(13-3-1-2-4-15(13)20-16)17(22)19-10-11-5-7-12(8-6-11)18(23)24/h1-9H,10H2,(H,19,22)(H,20,21)(H,23,24). The summed E-state index contributed by atoms with van der Waals surface area (Å²) in [4.78, 5) is 37.6. The Morgan fingerprint density at radius 2 is 1.75 bits per heavy atom. The number of benzene rings is 2. The Morgan fingerprint density at radius 1 is 1.04 bits per heavy atom. The van der Waals surface area contributed by atoms with Crippen LogP contribution in [0.5, 0.6) is 0 Å². The summed E-state index contributed by atoms with van der Waals surface area (Å²) in [5, 5.41) is 12.3. The summed E-state index contributed by atoms with van der Waals surface area (Å²) in [5.41, 5.74) is 1.51. The van der Waals surface area contributed by atoms with E-state index >= 15 is 0 Å². The number of aromatic nitrogens is 1. The van der Waals surface area contributed by atoms with Crippen LogP contribution in [0, 0.1) is 0 Å². The third-order valence-corrected chi connectivity index (χ3v) is 3.65. The fourth-order valence-electron chi connectivity index (χ4n) is 2.44. The molecule has 0 saturated carbocycles. The minimum atomic E-state index is -0.999. The van der Waals surface area contributed by atoms with Crippen molar-refractivity contribution >= 4 is 22.8 Å². The van der Waals surface area contributed by atoms with Crippen LogP contribution in [0.2, 0.25) is 0 Å². The van der Waals surface area contributed by atoms with Crippen molar-refractivity contribution in [1.29, 1.82) is 0 Å². The second-order valence-corrected chi connectivity index (χ2v) is 5.28. The normalized spacial score (nSPS) is 10.5. The number of amides is 1. The number of carbonyl (C=O) groups excluding carboxylic acids is 1. The molecule has 1 heterocycles. The monoisotopic (exact) mass is 322 g/mol. The van der Waals surface area contributed by atoms with Gasteiger partial charge in [-0.2, -0.15) is 0 Å².